The number of anilines is 1. The van der Waals surface area contributed by atoms with E-state index in [4.69, 9.17) is 9.40 Å². The lowest BCUT2D eigenvalue weighted by Gasteiger charge is -2.16. The molecule has 0 aliphatic heterocycles. The Labute approximate surface area is 186 Å². The van der Waals surface area contributed by atoms with Crippen LogP contribution in [-0.2, 0) is 0 Å². The van der Waals surface area contributed by atoms with E-state index in [0.29, 0.717) is 28.6 Å². The van der Waals surface area contributed by atoms with E-state index in [1.54, 1.807) is 12.4 Å². The number of nitrogens with one attached hydrogen (secondary N) is 1. The van der Waals surface area contributed by atoms with E-state index in [9.17, 15) is 4.79 Å². The number of nitrogens with zero attached hydrogens (tertiary/aromatic N) is 5. The van der Waals surface area contributed by atoms with Gasteiger partial charge in [0, 0.05) is 17.7 Å². The molecule has 1 aliphatic rings. The summed E-state index contributed by atoms with van der Waals surface area (Å²) in [7, 11) is 0. The zero-order valence-electron chi connectivity index (χ0n) is 19.1. The topological polar surface area (TPSA) is 90.8 Å². The van der Waals surface area contributed by atoms with Crippen molar-refractivity contribution in [1.82, 2.24) is 24.5 Å². The summed E-state index contributed by atoms with van der Waals surface area (Å²) in [4.78, 5) is 18.4. The maximum absolute atomic E-state index is 13.5. The zero-order valence-corrected chi connectivity index (χ0v) is 19.1. The van der Waals surface area contributed by atoms with Crippen LogP contribution in [0.3, 0.4) is 0 Å². The number of hydrogen-bond acceptors (Lipinski definition) is 5. The summed E-state index contributed by atoms with van der Waals surface area (Å²) in [6.07, 6.45) is 5.87. The van der Waals surface area contributed by atoms with Crippen LogP contribution in [0.15, 0.2) is 35.0 Å². The second-order valence-corrected chi connectivity index (χ2v) is 9.00. The molecular formula is C24H28N6O2. The van der Waals surface area contributed by atoms with Crippen molar-refractivity contribution >= 4 is 22.8 Å². The largest absolute Gasteiger partial charge is 0.466 e. The molecule has 1 unspecified atom stereocenters. The molecule has 4 aromatic rings. The average molecular weight is 433 g/mol. The van der Waals surface area contributed by atoms with Crippen LogP contribution in [-0.4, -0.2) is 30.5 Å². The molecule has 0 saturated heterocycles. The maximum Gasteiger partial charge on any atom is 0.257 e. The third-order valence-electron chi connectivity index (χ3n) is 6.22. The predicted octanol–water partition coefficient (Wildman–Crippen LogP) is 5.31. The Morgan fingerprint density at radius 2 is 1.94 bits per heavy atom. The summed E-state index contributed by atoms with van der Waals surface area (Å²) in [5, 5.41) is 12.8. The van der Waals surface area contributed by atoms with Crippen LogP contribution >= 0.6 is 0 Å². The molecule has 0 aromatic carbocycles. The number of rotatable bonds is 6. The number of amides is 1. The molecule has 8 heteroatoms. The Bertz CT molecular complexity index is 1310. The van der Waals surface area contributed by atoms with Gasteiger partial charge >= 0.3 is 0 Å². The first-order chi connectivity index (χ1) is 15.3. The van der Waals surface area contributed by atoms with E-state index >= 15 is 0 Å². The first-order valence-electron chi connectivity index (χ1n) is 11.1. The molecule has 1 atom stereocenters. The van der Waals surface area contributed by atoms with Crippen LogP contribution in [0.5, 0.6) is 0 Å². The van der Waals surface area contributed by atoms with Gasteiger partial charge in [0.25, 0.3) is 5.91 Å². The lowest BCUT2D eigenvalue weighted by atomic mass is 10.1. The Morgan fingerprint density at radius 1 is 1.16 bits per heavy atom. The minimum absolute atomic E-state index is 0.110. The third kappa shape index (κ3) is 3.49. The molecule has 5 rings (SSSR count). The minimum atomic E-state index is -0.204. The molecule has 4 aromatic heterocycles. The highest BCUT2D eigenvalue weighted by Gasteiger charge is 2.31. The maximum atomic E-state index is 13.5. The Balaban J connectivity index is 1.59. The van der Waals surface area contributed by atoms with Crippen molar-refractivity contribution in [2.24, 2.45) is 5.92 Å². The van der Waals surface area contributed by atoms with Crippen molar-refractivity contribution in [3.05, 3.63) is 47.7 Å². The number of furan rings is 1. The van der Waals surface area contributed by atoms with E-state index < -0.39 is 0 Å². The first kappa shape index (κ1) is 20.5. The van der Waals surface area contributed by atoms with E-state index in [1.807, 2.05) is 55.3 Å². The lowest BCUT2D eigenvalue weighted by Crippen LogP contribution is -2.19. The molecule has 1 amide bonds. The number of pyridine rings is 1. The second kappa shape index (κ2) is 7.62. The predicted molar refractivity (Wildman–Crippen MR) is 123 cm³/mol. The molecule has 0 radical (unpaired) electrons. The van der Waals surface area contributed by atoms with Gasteiger partial charge in [0.1, 0.15) is 17.3 Å². The van der Waals surface area contributed by atoms with Crippen LogP contribution in [0.2, 0.25) is 0 Å². The van der Waals surface area contributed by atoms with Gasteiger partial charge in [-0.2, -0.15) is 10.2 Å². The van der Waals surface area contributed by atoms with Crippen molar-refractivity contribution in [2.45, 2.75) is 59.5 Å². The summed E-state index contributed by atoms with van der Waals surface area (Å²) in [5.74, 6) is 2.70. The molecular weight excluding hydrogens is 404 g/mol. The number of carbonyl (C=O) groups is 1. The van der Waals surface area contributed by atoms with Crippen LogP contribution in [0.25, 0.3) is 22.3 Å². The fourth-order valence-corrected chi connectivity index (χ4v) is 4.31. The van der Waals surface area contributed by atoms with Crippen molar-refractivity contribution < 1.29 is 9.21 Å². The second-order valence-electron chi connectivity index (χ2n) is 9.00. The lowest BCUT2D eigenvalue weighted by molar-refractivity contribution is 0.102. The average Bonchev–Trinajstić information content (AvgIpc) is 3.18. The molecule has 32 heavy (non-hydrogen) atoms. The minimum Gasteiger partial charge on any atom is -0.466 e. The van der Waals surface area contributed by atoms with Crippen molar-refractivity contribution in [1.29, 1.82) is 0 Å². The van der Waals surface area contributed by atoms with Crippen molar-refractivity contribution in [3.63, 3.8) is 0 Å². The smallest absolute Gasteiger partial charge is 0.257 e. The Morgan fingerprint density at radius 3 is 2.59 bits per heavy atom. The van der Waals surface area contributed by atoms with Gasteiger partial charge in [0.05, 0.1) is 35.1 Å². The highest BCUT2D eigenvalue weighted by Crippen LogP contribution is 2.40. The van der Waals surface area contributed by atoms with Crippen LogP contribution < -0.4 is 5.32 Å². The fourth-order valence-electron chi connectivity index (χ4n) is 4.31. The summed E-state index contributed by atoms with van der Waals surface area (Å²) in [5.41, 5.74) is 2.78. The molecule has 4 heterocycles. The molecule has 0 spiro atoms. The van der Waals surface area contributed by atoms with Gasteiger partial charge in [0.15, 0.2) is 5.65 Å². The molecule has 166 valence electrons. The molecule has 1 N–H and O–H groups in total. The zero-order chi connectivity index (χ0) is 22.6. The van der Waals surface area contributed by atoms with E-state index in [0.717, 1.165) is 22.5 Å². The summed E-state index contributed by atoms with van der Waals surface area (Å²) in [6.45, 7) is 10.1. The number of aryl methyl sites for hydroxylation is 2. The monoisotopic (exact) mass is 432 g/mol. The quantitative estimate of drug-likeness (QED) is 0.446. The molecule has 1 fully saturated rings. The van der Waals surface area contributed by atoms with Crippen LogP contribution in [0.4, 0.5) is 5.82 Å². The summed E-state index contributed by atoms with van der Waals surface area (Å²) >= 11 is 0. The van der Waals surface area contributed by atoms with Crippen molar-refractivity contribution in [2.75, 3.05) is 5.32 Å². The van der Waals surface area contributed by atoms with Gasteiger partial charge in [-0.1, -0.05) is 0 Å². The summed E-state index contributed by atoms with van der Waals surface area (Å²) < 4.78 is 9.48. The Kier molecular flexibility index (Phi) is 4.87. The van der Waals surface area contributed by atoms with Crippen LogP contribution in [0.1, 0.15) is 67.6 Å². The van der Waals surface area contributed by atoms with Crippen molar-refractivity contribution in [3.8, 4) is 11.3 Å². The molecule has 8 nitrogen and oxygen atoms in total. The highest BCUT2D eigenvalue weighted by molar-refractivity contribution is 6.12. The number of aromatic nitrogens is 5. The highest BCUT2D eigenvalue weighted by atomic mass is 16.3. The fraction of sp³-hybridized carbons (Fsp3) is 0.417. The van der Waals surface area contributed by atoms with Crippen LogP contribution in [0, 0.1) is 19.8 Å². The Hall–Kier alpha value is -3.42. The third-order valence-corrected chi connectivity index (χ3v) is 6.22. The number of fused-ring (bicyclic) bond motifs is 1. The SMILES string of the molecule is Cc1cc(-c2cc(C(=O)Nc3ccnn3C(C)C3CC3)c3cnn(C(C)C)c3n2)c(C)o1. The van der Waals surface area contributed by atoms with Gasteiger partial charge < -0.3 is 9.73 Å². The van der Waals surface area contributed by atoms with Gasteiger partial charge in [-0.3, -0.25) is 4.79 Å². The van der Waals surface area contributed by atoms with E-state index in [1.165, 1.54) is 12.8 Å². The first-order valence-corrected chi connectivity index (χ1v) is 11.1. The normalized spacial score (nSPS) is 14.9. The number of hydrogen-bond donors (Lipinski definition) is 1. The van der Waals surface area contributed by atoms with Gasteiger partial charge in [-0.15, -0.1) is 0 Å². The van der Waals surface area contributed by atoms with Gasteiger partial charge in [-0.05, 0) is 65.5 Å². The number of carbonyl (C=O) groups excluding carboxylic acids is 1. The van der Waals surface area contributed by atoms with E-state index in [-0.39, 0.29) is 18.0 Å². The van der Waals surface area contributed by atoms with Gasteiger partial charge in [-0.25, -0.2) is 14.3 Å². The summed E-state index contributed by atoms with van der Waals surface area (Å²) in [6, 6.07) is 5.99. The van der Waals surface area contributed by atoms with Gasteiger partial charge in [0.2, 0.25) is 0 Å². The molecule has 1 aliphatic carbocycles. The molecule has 1 saturated carbocycles. The molecule has 0 bridgehead atoms. The van der Waals surface area contributed by atoms with E-state index in [2.05, 4.69) is 22.4 Å². The standard InChI is InChI=1S/C24H28N6O2/c1-13(2)29-23-20(12-26-29)19(11-21(27-23)18-10-14(3)32-16(18)5)24(31)28-22-8-9-25-30(22)15(4)17-6-7-17/h8-13,15,17H,6-7H2,1-5H3,(H,28,31).